The maximum atomic E-state index is 11.9. The summed E-state index contributed by atoms with van der Waals surface area (Å²) in [5.41, 5.74) is 5.66. The van der Waals surface area contributed by atoms with E-state index in [1.54, 1.807) is 30.3 Å². The minimum atomic E-state index is -0.597. The first-order chi connectivity index (χ1) is 12.0. The first-order valence-corrected chi connectivity index (χ1v) is 9.09. The molecule has 2 aromatic rings. The van der Waals surface area contributed by atoms with Crippen molar-refractivity contribution in [2.75, 3.05) is 17.7 Å². The molecule has 0 atom stereocenters. The number of amides is 2. The maximum Gasteiger partial charge on any atom is 0.331 e. The van der Waals surface area contributed by atoms with Crippen molar-refractivity contribution in [2.45, 2.75) is 4.90 Å². The second-order valence-electron chi connectivity index (χ2n) is 4.76. The number of hydrogen-bond acceptors (Lipinski definition) is 6. The van der Waals surface area contributed by atoms with Crippen LogP contribution in [0.5, 0.6) is 0 Å². The van der Waals surface area contributed by atoms with Gasteiger partial charge in [-0.05, 0) is 29.7 Å². The molecule has 0 spiro atoms. The van der Waals surface area contributed by atoms with Crippen LogP contribution in [0.25, 0.3) is 6.08 Å². The van der Waals surface area contributed by atoms with Gasteiger partial charge in [-0.2, -0.15) is 0 Å². The van der Waals surface area contributed by atoms with Crippen molar-refractivity contribution in [3.63, 3.8) is 0 Å². The molecular weight excluding hydrogens is 360 g/mol. The Bertz CT molecular complexity index is 773. The Morgan fingerprint density at radius 3 is 2.72 bits per heavy atom. The minimum absolute atomic E-state index is 0.107. The predicted molar refractivity (Wildman–Crippen MR) is 99.3 cm³/mol. The average molecular weight is 376 g/mol. The number of nitrogens with one attached hydrogen (secondary N) is 1. The van der Waals surface area contributed by atoms with Crippen LogP contribution in [0.2, 0.25) is 0 Å². The largest absolute Gasteiger partial charge is 0.452 e. The molecule has 0 aliphatic rings. The third-order valence-electron chi connectivity index (χ3n) is 2.80. The second kappa shape index (κ2) is 9.65. The van der Waals surface area contributed by atoms with E-state index in [0.29, 0.717) is 10.6 Å². The molecule has 0 unspecified atom stereocenters. The minimum Gasteiger partial charge on any atom is -0.452 e. The van der Waals surface area contributed by atoms with Gasteiger partial charge >= 0.3 is 5.97 Å². The highest BCUT2D eigenvalue weighted by Gasteiger charge is 2.09. The molecule has 25 heavy (non-hydrogen) atoms. The number of anilines is 1. The van der Waals surface area contributed by atoms with E-state index in [-0.39, 0.29) is 5.75 Å². The van der Waals surface area contributed by atoms with E-state index in [9.17, 15) is 14.4 Å². The van der Waals surface area contributed by atoms with Gasteiger partial charge in [0.15, 0.2) is 6.61 Å². The van der Waals surface area contributed by atoms with Crippen LogP contribution < -0.4 is 11.1 Å². The lowest BCUT2D eigenvalue weighted by Crippen LogP contribution is -2.20. The average Bonchev–Trinajstić information content (AvgIpc) is 3.11. The molecule has 0 fully saturated rings. The van der Waals surface area contributed by atoms with Crippen LogP contribution in [0.4, 0.5) is 5.69 Å². The number of esters is 1. The lowest BCUT2D eigenvalue weighted by molar-refractivity contribution is -0.142. The lowest BCUT2D eigenvalue weighted by atomic mass is 10.3. The van der Waals surface area contributed by atoms with Crippen molar-refractivity contribution in [1.29, 1.82) is 0 Å². The molecular formula is C17H16N2O4S2. The topological polar surface area (TPSA) is 98.5 Å². The van der Waals surface area contributed by atoms with Gasteiger partial charge in [-0.15, -0.1) is 23.1 Å². The molecule has 0 saturated heterocycles. The highest BCUT2D eigenvalue weighted by Crippen LogP contribution is 2.26. The molecule has 0 bridgehead atoms. The molecule has 0 aliphatic heterocycles. The van der Waals surface area contributed by atoms with E-state index in [4.69, 9.17) is 10.5 Å². The molecule has 8 heteroatoms. The molecule has 1 aromatic heterocycles. The van der Waals surface area contributed by atoms with Gasteiger partial charge in [0.2, 0.25) is 5.91 Å². The smallest absolute Gasteiger partial charge is 0.331 e. The van der Waals surface area contributed by atoms with E-state index in [2.05, 4.69) is 5.32 Å². The fourth-order valence-corrected chi connectivity index (χ4v) is 3.12. The van der Waals surface area contributed by atoms with Crippen molar-refractivity contribution in [2.24, 2.45) is 5.73 Å². The van der Waals surface area contributed by atoms with Crippen LogP contribution in [0.15, 0.2) is 52.7 Å². The van der Waals surface area contributed by atoms with Crippen LogP contribution in [-0.4, -0.2) is 30.1 Å². The van der Waals surface area contributed by atoms with Crippen LogP contribution in [0.3, 0.4) is 0 Å². The Balaban J connectivity index is 1.84. The first-order valence-electron chi connectivity index (χ1n) is 7.23. The third-order valence-corrected chi connectivity index (χ3v) is 4.74. The summed E-state index contributed by atoms with van der Waals surface area (Å²) in [6.07, 6.45) is 2.90. The number of hydrogen-bond donors (Lipinski definition) is 2. The molecule has 3 N–H and O–H groups in total. The van der Waals surface area contributed by atoms with Gasteiger partial charge in [0.1, 0.15) is 0 Å². The van der Waals surface area contributed by atoms with Crippen LogP contribution >= 0.6 is 23.1 Å². The fraction of sp³-hybridized carbons (Fsp3) is 0.118. The van der Waals surface area contributed by atoms with Crippen molar-refractivity contribution in [3.8, 4) is 0 Å². The number of nitrogens with two attached hydrogens (primary N) is 1. The van der Waals surface area contributed by atoms with Gasteiger partial charge in [-0.1, -0.05) is 18.2 Å². The standard InChI is InChI=1S/C17H16N2O4S2/c18-15(20)11-25-14-6-2-1-5-13(14)19-16(21)10-23-17(22)8-7-12-4-3-9-24-12/h1-9H,10-11H2,(H2,18,20)(H,19,21)/b8-7+. The zero-order valence-corrected chi connectivity index (χ0v) is 14.8. The van der Waals surface area contributed by atoms with Gasteiger partial charge < -0.3 is 15.8 Å². The molecule has 1 aromatic carbocycles. The number of thioether (sulfide) groups is 1. The molecule has 6 nitrogen and oxygen atoms in total. The van der Waals surface area contributed by atoms with Crippen molar-refractivity contribution in [3.05, 3.63) is 52.7 Å². The predicted octanol–water partition coefficient (Wildman–Crippen LogP) is 2.52. The van der Waals surface area contributed by atoms with Crippen molar-refractivity contribution >= 4 is 52.6 Å². The van der Waals surface area contributed by atoms with E-state index in [0.717, 1.165) is 4.88 Å². The van der Waals surface area contributed by atoms with Gasteiger partial charge in [0.25, 0.3) is 5.91 Å². The number of thiophene rings is 1. The summed E-state index contributed by atoms with van der Waals surface area (Å²) in [4.78, 5) is 36.0. The summed E-state index contributed by atoms with van der Waals surface area (Å²) in [7, 11) is 0. The summed E-state index contributed by atoms with van der Waals surface area (Å²) >= 11 is 2.71. The van der Waals surface area contributed by atoms with Gasteiger partial charge in [-0.3, -0.25) is 9.59 Å². The molecule has 130 valence electrons. The monoisotopic (exact) mass is 376 g/mol. The summed E-state index contributed by atoms with van der Waals surface area (Å²) in [5, 5.41) is 4.54. The Hall–Kier alpha value is -2.58. The SMILES string of the molecule is NC(=O)CSc1ccccc1NC(=O)COC(=O)/C=C/c1cccs1. The fourth-order valence-electron chi connectivity index (χ4n) is 1.75. The van der Waals surface area contributed by atoms with Gasteiger partial charge in [-0.25, -0.2) is 4.79 Å². The Labute approximate surface area is 153 Å². The number of ether oxygens (including phenoxy) is 1. The van der Waals surface area contributed by atoms with Crippen molar-refractivity contribution in [1.82, 2.24) is 0 Å². The Kier molecular flexibility index (Phi) is 7.24. The number of para-hydroxylation sites is 1. The lowest BCUT2D eigenvalue weighted by Gasteiger charge is -2.10. The number of benzene rings is 1. The van der Waals surface area contributed by atoms with E-state index < -0.39 is 24.4 Å². The number of carbonyl (C=O) groups is 3. The summed E-state index contributed by atoms with van der Waals surface area (Å²) in [6.45, 7) is -0.400. The molecule has 2 rings (SSSR count). The number of rotatable bonds is 8. The third kappa shape index (κ3) is 6.82. The van der Waals surface area contributed by atoms with E-state index in [1.807, 2.05) is 17.5 Å². The molecule has 0 aliphatic carbocycles. The number of carbonyl (C=O) groups excluding carboxylic acids is 3. The Morgan fingerprint density at radius 1 is 1.20 bits per heavy atom. The zero-order chi connectivity index (χ0) is 18.1. The quantitative estimate of drug-likeness (QED) is 0.419. The second-order valence-corrected chi connectivity index (χ2v) is 6.75. The molecule has 2 amide bonds. The summed E-state index contributed by atoms with van der Waals surface area (Å²) in [6, 6.07) is 10.7. The van der Waals surface area contributed by atoms with Crippen LogP contribution in [0.1, 0.15) is 4.88 Å². The molecule has 0 saturated carbocycles. The highest BCUT2D eigenvalue weighted by molar-refractivity contribution is 8.00. The van der Waals surface area contributed by atoms with E-state index >= 15 is 0 Å². The first kappa shape index (κ1) is 18.8. The Morgan fingerprint density at radius 2 is 2.00 bits per heavy atom. The van der Waals surface area contributed by atoms with Gasteiger partial charge in [0, 0.05) is 15.8 Å². The highest BCUT2D eigenvalue weighted by atomic mass is 32.2. The van der Waals surface area contributed by atoms with E-state index in [1.165, 1.54) is 29.2 Å². The van der Waals surface area contributed by atoms with Gasteiger partial charge in [0.05, 0.1) is 11.4 Å². The van der Waals surface area contributed by atoms with Crippen molar-refractivity contribution < 1.29 is 19.1 Å². The normalized spacial score (nSPS) is 10.6. The summed E-state index contributed by atoms with van der Waals surface area (Å²) in [5.74, 6) is -1.41. The van der Waals surface area contributed by atoms with Crippen LogP contribution in [-0.2, 0) is 19.1 Å². The number of primary amides is 1. The molecule has 1 heterocycles. The van der Waals surface area contributed by atoms with Crippen LogP contribution in [0, 0.1) is 0 Å². The summed E-state index contributed by atoms with van der Waals surface area (Å²) < 4.78 is 4.90. The maximum absolute atomic E-state index is 11.9. The zero-order valence-electron chi connectivity index (χ0n) is 13.1. The molecule has 0 radical (unpaired) electrons.